The topological polar surface area (TPSA) is 267 Å². The van der Waals surface area contributed by atoms with Crippen molar-refractivity contribution in [1.82, 2.24) is 36.4 Å². The van der Waals surface area contributed by atoms with Crippen molar-refractivity contribution >= 4 is 41.4 Å². The quantitative estimate of drug-likeness (QED) is 0.0612. The highest BCUT2D eigenvalue weighted by Crippen LogP contribution is 2.38. The van der Waals surface area contributed by atoms with Crippen molar-refractivity contribution in [2.75, 3.05) is 33.9 Å². The van der Waals surface area contributed by atoms with Gasteiger partial charge in [0.25, 0.3) is 0 Å². The van der Waals surface area contributed by atoms with E-state index < -0.39 is 84.8 Å². The number of hydrogen-bond acceptors (Lipinski definition) is 11. The van der Waals surface area contributed by atoms with Gasteiger partial charge in [-0.25, -0.2) is 0 Å². The van der Waals surface area contributed by atoms with Gasteiger partial charge in [0, 0.05) is 38.1 Å². The number of carbonyl (C=O) groups is 7. The minimum absolute atomic E-state index is 0.0611. The molecule has 4 bridgehead atoms. The van der Waals surface area contributed by atoms with E-state index in [2.05, 4.69) is 33.5 Å². The van der Waals surface area contributed by atoms with Gasteiger partial charge in [-0.3, -0.25) is 33.6 Å². The van der Waals surface area contributed by atoms with Crippen molar-refractivity contribution in [3.63, 3.8) is 0 Å². The average molecular weight is 966 g/mol. The molecule has 0 aromatic heterocycles. The number of carbonyl (C=O) groups excluding carboxylic acids is 7. The van der Waals surface area contributed by atoms with Gasteiger partial charge >= 0.3 is 0 Å². The first kappa shape index (κ1) is 57.6. The number of phenolic OH excluding ortho intramolecular Hbond substituents is 2. The Morgan fingerprint density at radius 3 is 1.84 bits per heavy atom. The number of benzene rings is 2. The van der Waals surface area contributed by atoms with Crippen LogP contribution in [-0.2, 0) is 40.0 Å². The van der Waals surface area contributed by atoms with Gasteiger partial charge < -0.3 is 56.8 Å². The van der Waals surface area contributed by atoms with E-state index in [0.717, 1.165) is 24.2 Å². The predicted molar refractivity (Wildman–Crippen MR) is 262 cm³/mol. The first-order chi connectivity index (χ1) is 32.8. The van der Waals surface area contributed by atoms with Crippen LogP contribution in [0.4, 0.5) is 0 Å². The van der Waals surface area contributed by atoms with Gasteiger partial charge in [0.2, 0.25) is 41.4 Å². The molecule has 0 fully saturated rings. The summed E-state index contributed by atoms with van der Waals surface area (Å²) in [5.41, 5.74) is 0.876. The van der Waals surface area contributed by atoms with Gasteiger partial charge in [-0.2, -0.15) is 0 Å². The number of hydrogen-bond donors (Lipinski definition) is 9. The summed E-state index contributed by atoms with van der Waals surface area (Å²) in [6, 6.07) is 1.53. The standard InChI is InChI=1S/C51H79N7O11/c1-8-9-10-11-12-13-14-15-16-17-18-19-20-21-44(63)57(6)41(31-60)50(68)53-33(4)47(65)52-29-45(64)58(7)46-36-23-25-43(62)38(28-36)37-26-35(22-24-42(37)61)27-39(49(67)56-40(30-59)32(2)3)55-48(66)34(5)54-51(46)69/h22-26,28,32-34,39-41,46,59-62H,8-21,27,29-31H2,1-7H3,(H,52,65)(H,53,68)(H,54,69)(H,55,66)(H,56,67)/t33-,34+,39+,40+,41-,46+/m1/s1. The second-order valence-corrected chi connectivity index (χ2v) is 18.7. The Bertz CT molecular complexity index is 2030. The van der Waals surface area contributed by atoms with Crippen molar-refractivity contribution in [3.8, 4) is 22.6 Å². The van der Waals surface area contributed by atoms with Crippen LogP contribution in [0.2, 0.25) is 0 Å². The summed E-state index contributed by atoms with van der Waals surface area (Å²) >= 11 is 0. The number of nitrogens with one attached hydrogen (secondary N) is 5. The molecule has 18 heteroatoms. The molecule has 0 saturated carbocycles. The Hall–Kier alpha value is -5.75. The van der Waals surface area contributed by atoms with Gasteiger partial charge in [0.05, 0.1) is 25.8 Å². The minimum atomic E-state index is -1.47. The molecule has 0 spiro atoms. The van der Waals surface area contributed by atoms with Crippen molar-refractivity contribution in [1.29, 1.82) is 0 Å². The van der Waals surface area contributed by atoms with Crippen LogP contribution in [0, 0.1) is 5.92 Å². The Kier molecular flexibility index (Phi) is 24.5. The zero-order valence-electron chi connectivity index (χ0n) is 41.8. The zero-order valence-corrected chi connectivity index (χ0v) is 41.8. The summed E-state index contributed by atoms with van der Waals surface area (Å²) in [6.45, 7) is 6.92. The second-order valence-electron chi connectivity index (χ2n) is 18.7. The van der Waals surface area contributed by atoms with E-state index in [4.69, 9.17) is 0 Å². The molecule has 18 nitrogen and oxygen atoms in total. The summed E-state index contributed by atoms with van der Waals surface area (Å²) in [7, 11) is 2.72. The third-order valence-electron chi connectivity index (χ3n) is 12.9. The van der Waals surface area contributed by atoms with E-state index in [9.17, 15) is 54.0 Å². The first-order valence-electron chi connectivity index (χ1n) is 24.7. The van der Waals surface area contributed by atoms with Crippen LogP contribution in [0.3, 0.4) is 0 Å². The molecule has 9 N–H and O–H groups in total. The van der Waals surface area contributed by atoms with Crippen molar-refractivity contribution in [3.05, 3.63) is 47.5 Å². The largest absolute Gasteiger partial charge is 0.507 e. The fourth-order valence-electron chi connectivity index (χ4n) is 8.21. The molecule has 0 radical (unpaired) electrons. The summed E-state index contributed by atoms with van der Waals surface area (Å²) < 4.78 is 0. The second kappa shape index (κ2) is 29.3. The van der Waals surface area contributed by atoms with Crippen LogP contribution in [0.1, 0.15) is 142 Å². The van der Waals surface area contributed by atoms with Crippen molar-refractivity contribution in [2.45, 2.75) is 167 Å². The number of aromatic hydroxyl groups is 2. The van der Waals surface area contributed by atoms with E-state index in [-0.39, 0.29) is 59.5 Å². The molecule has 0 saturated heterocycles. The molecule has 2 aromatic rings. The number of unbranched alkanes of at least 4 members (excludes halogenated alkanes) is 12. The Morgan fingerprint density at radius 2 is 1.28 bits per heavy atom. The Balaban J connectivity index is 1.66. The summed E-state index contributed by atoms with van der Waals surface area (Å²) in [5.74, 6) is -5.47. The Morgan fingerprint density at radius 1 is 0.710 bits per heavy atom. The van der Waals surface area contributed by atoms with Crippen LogP contribution in [-0.4, -0.2) is 136 Å². The molecule has 6 atom stereocenters. The lowest BCUT2D eigenvalue weighted by atomic mass is 9.93. The van der Waals surface area contributed by atoms with E-state index in [1.54, 1.807) is 6.07 Å². The summed E-state index contributed by atoms with van der Waals surface area (Å²) in [4.78, 5) is 96.7. The third-order valence-corrected chi connectivity index (χ3v) is 12.9. The lowest BCUT2D eigenvalue weighted by molar-refractivity contribution is -0.142. The number of likely N-dealkylation sites (N-methyl/N-ethyl adjacent to an activating group) is 2. The van der Waals surface area contributed by atoms with E-state index in [1.165, 1.54) is 121 Å². The van der Waals surface area contributed by atoms with Gasteiger partial charge in [0.1, 0.15) is 41.7 Å². The number of fused-ring (bicyclic) bond motifs is 5. The number of nitrogens with zero attached hydrogens (tertiary/aromatic N) is 2. The molecule has 0 aliphatic carbocycles. The number of aliphatic hydroxyl groups is 2. The van der Waals surface area contributed by atoms with Crippen LogP contribution in [0.5, 0.6) is 11.5 Å². The van der Waals surface area contributed by atoms with E-state index >= 15 is 0 Å². The van der Waals surface area contributed by atoms with Crippen LogP contribution in [0.25, 0.3) is 11.1 Å². The molecule has 1 heterocycles. The molecular formula is C51H79N7O11. The van der Waals surface area contributed by atoms with Crippen LogP contribution in [0.15, 0.2) is 36.4 Å². The summed E-state index contributed by atoms with van der Waals surface area (Å²) in [5, 5.41) is 55.0. The molecular weight excluding hydrogens is 887 g/mol. The lowest BCUT2D eigenvalue weighted by Crippen LogP contribution is -2.57. The average Bonchev–Trinajstić information content (AvgIpc) is 3.31. The number of rotatable bonds is 26. The van der Waals surface area contributed by atoms with Gasteiger partial charge in [-0.15, -0.1) is 0 Å². The fourth-order valence-corrected chi connectivity index (χ4v) is 8.21. The Labute approximate surface area is 407 Å². The molecule has 1 aliphatic heterocycles. The predicted octanol–water partition coefficient (Wildman–Crippen LogP) is 3.86. The maximum absolute atomic E-state index is 14.1. The molecule has 7 amide bonds. The normalized spacial score (nSPS) is 17.3. The molecule has 384 valence electrons. The number of phenols is 2. The molecule has 1 aliphatic rings. The van der Waals surface area contributed by atoms with E-state index in [0.29, 0.717) is 12.0 Å². The van der Waals surface area contributed by atoms with Crippen molar-refractivity contribution in [2.24, 2.45) is 5.92 Å². The fraction of sp³-hybridized carbons (Fsp3) is 0.627. The van der Waals surface area contributed by atoms with Crippen LogP contribution >= 0.6 is 0 Å². The first-order valence-corrected chi connectivity index (χ1v) is 24.7. The maximum atomic E-state index is 14.1. The van der Waals surface area contributed by atoms with Crippen molar-refractivity contribution < 1.29 is 54.0 Å². The SMILES string of the molecule is CCCCCCCCCCCCCCCC(=O)N(C)[C@H](CO)C(=O)N[C@H](C)C(=O)NCC(=O)N(C)[C@@H]1C(=O)N[C@@H](C)C(=O)N[C@H](C(=O)N[C@@H](CO)C(C)C)Cc2ccc(O)c(c2)-c2cc1ccc2O. The maximum Gasteiger partial charge on any atom is 0.248 e. The number of aliphatic hydroxyl groups excluding tert-OH is 2. The highest BCUT2D eigenvalue weighted by atomic mass is 16.3. The number of amides is 7. The molecule has 0 unspecified atom stereocenters. The molecule has 2 aromatic carbocycles. The summed E-state index contributed by atoms with van der Waals surface area (Å²) in [6.07, 6.45) is 15.2. The highest BCUT2D eigenvalue weighted by molar-refractivity contribution is 5.97. The monoisotopic (exact) mass is 966 g/mol. The van der Waals surface area contributed by atoms with Gasteiger partial charge in [0.15, 0.2) is 0 Å². The highest BCUT2D eigenvalue weighted by Gasteiger charge is 2.34. The third kappa shape index (κ3) is 17.9. The van der Waals surface area contributed by atoms with Crippen LogP contribution < -0.4 is 26.6 Å². The van der Waals surface area contributed by atoms with E-state index in [1.807, 2.05) is 13.8 Å². The smallest absolute Gasteiger partial charge is 0.248 e. The van der Waals surface area contributed by atoms with Gasteiger partial charge in [-0.05, 0) is 61.6 Å². The lowest BCUT2D eigenvalue weighted by Gasteiger charge is -2.30. The zero-order chi connectivity index (χ0) is 51.2. The molecule has 3 rings (SSSR count). The minimum Gasteiger partial charge on any atom is -0.507 e. The molecule has 69 heavy (non-hydrogen) atoms. The van der Waals surface area contributed by atoms with Gasteiger partial charge in [-0.1, -0.05) is 110 Å².